The number of amides is 2. The van der Waals surface area contributed by atoms with Gasteiger partial charge in [-0.1, -0.05) is 74.9 Å². The second kappa shape index (κ2) is 12.1. The Morgan fingerprint density at radius 3 is 2.41 bits per heavy atom. The number of carbonyl (C=O) groups is 2. The molecule has 8 heteroatoms. The molecule has 0 saturated heterocycles. The van der Waals surface area contributed by atoms with Gasteiger partial charge in [-0.25, -0.2) is 0 Å². The van der Waals surface area contributed by atoms with Gasteiger partial charge in [-0.05, 0) is 55.7 Å². The third kappa shape index (κ3) is 7.22. The van der Waals surface area contributed by atoms with Crippen molar-refractivity contribution in [1.29, 1.82) is 0 Å². The van der Waals surface area contributed by atoms with E-state index < -0.39 is 6.04 Å². The van der Waals surface area contributed by atoms with Crippen LogP contribution in [0.4, 0.5) is 0 Å². The van der Waals surface area contributed by atoms with Crippen molar-refractivity contribution in [2.45, 2.75) is 57.7 Å². The van der Waals surface area contributed by atoms with Crippen molar-refractivity contribution < 1.29 is 14.3 Å². The fourth-order valence-corrected chi connectivity index (χ4v) is 4.74. The van der Waals surface area contributed by atoms with Crippen molar-refractivity contribution in [3.63, 3.8) is 0 Å². The lowest BCUT2D eigenvalue weighted by molar-refractivity contribution is -0.142. The summed E-state index contributed by atoms with van der Waals surface area (Å²) in [4.78, 5) is 27.7. The lowest BCUT2D eigenvalue weighted by Crippen LogP contribution is -2.51. The van der Waals surface area contributed by atoms with E-state index in [9.17, 15) is 9.59 Å². The molecule has 0 heterocycles. The van der Waals surface area contributed by atoms with Gasteiger partial charge in [0.15, 0.2) is 6.61 Å². The van der Waals surface area contributed by atoms with Gasteiger partial charge in [0.05, 0.1) is 5.02 Å². The van der Waals surface area contributed by atoms with Crippen molar-refractivity contribution >= 4 is 55.3 Å². The predicted octanol–water partition coefficient (Wildman–Crippen LogP) is 6.11. The number of carbonyl (C=O) groups excluding carboxylic acids is 2. The first-order chi connectivity index (χ1) is 15.3. The van der Waals surface area contributed by atoms with Crippen LogP contribution in [0.25, 0.3) is 0 Å². The Bertz CT molecular complexity index is 933. The van der Waals surface area contributed by atoms with Gasteiger partial charge >= 0.3 is 0 Å². The van der Waals surface area contributed by atoms with E-state index in [4.69, 9.17) is 16.3 Å². The smallest absolute Gasteiger partial charge is 0.261 e. The van der Waals surface area contributed by atoms with Crippen molar-refractivity contribution in [1.82, 2.24) is 10.2 Å². The molecule has 172 valence electrons. The van der Waals surface area contributed by atoms with E-state index >= 15 is 0 Å². The van der Waals surface area contributed by atoms with Gasteiger partial charge < -0.3 is 15.0 Å². The minimum Gasteiger partial charge on any atom is -0.482 e. The van der Waals surface area contributed by atoms with E-state index in [2.05, 4.69) is 37.2 Å². The Hall–Kier alpha value is -1.57. The largest absolute Gasteiger partial charge is 0.482 e. The molecule has 32 heavy (non-hydrogen) atoms. The quantitative estimate of drug-likeness (QED) is 0.406. The van der Waals surface area contributed by atoms with Gasteiger partial charge in [0.2, 0.25) is 5.91 Å². The van der Waals surface area contributed by atoms with Crippen LogP contribution in [0.3, 0.4) is 0 Å². The summed E-state index contributed by atoms with van der Waals surface area (Å²) in [7, 11) is 0. The van der Waals surface area contributed by atoms with Gasteiger partial charge in [0, 0.05) is 21.5 Å². The van der Waals surface area contributed by atoms with Crippen LogP contribution in [-0.4, -0.2) is 35.4 Å². The molecule has 5 nitrogen and oxygen atoms in total. The molecule has 1 saturated carbocycles. The average molecular weight is 587 g/mol. The SMILES string of the molecule is CC(C(=O)NC1CCCCC1)N(Cc1ccc(Br)cc1)C(=O)COc1ccc(Br)cc1Cl. The predicted molar refractivity (Wildman–Crippen MR) is 134 cm³/mol. The molecule has 1 aliphatic carbocycles. The number of ether oxygens (including phenoxy) is 1. The van der Waals surface area contributed by atoms with Gasteiger partial charge in [-0.2, -0.15) is 0 Å². The molecule has 1 N–H and O–H groups in total. The normalized spacial score (nSPS) is 15.1. The first-order valence-electron chi connectivity index (χ1n) is 10.8. The molecule has 1 fully saturated rings. The summed E-state index contributed by atoms with van der Waals surface area (Å²) in [5.41, 5.74) is 0.931. The lowest BCUT2D eigenvalue weighted by Gasteiger charge is -2.31. The fourth-order valence-electron chi connectivity index (χ4n) is 3.75. The van der Waals surface area contributed by atoms with Gasteiger partial charge in [0.1, 0.15) is 11.8 Å². The molecule has 0 aliphatic heterocycles. The molecule has 0 bridgehead atoms. The molecule has 3 rings (SSSR count). The summed E-state index contributed by atoms with van der Waals surface area (Å²) >= 11 is 13.0. The molecule has 1 unspecified atom stereocenters. The molecule has 2 aromatic rings. The second-order valence-electron chi connectivity index (χ2n) is 8.03. The summed E-state index contributed by atoms with van der Waals surface area (Å²) in [6.45, 7) is 1.86. The van der Waals surface area contributed by atoms with E-state index in [0.29, 0.717) is 17.3 Å². The van der Waals surface area contributed by atoms with Crippen LogP contribution in [0.5, 0.6) is 5.75 Å². The second-order valence-corrected chi connectivity index (χ2v) is 10.3. The highest BCUT2D eigenvalue weighted by Crippen LogP contribution is 2.28. The van der Waals surface area contributed by atoms with Crippen molar-refractivity contribution in [3.05, 3.63) is 62.0 Å². The number of nitrogens with one attached hydrogen (secondary N) is 1. The maximum absolute atomic E-state index is 13.2. The minimum absolute atomic E-state index is 0.135. The lowest BCUT2D eigenvalue weighted by atomic mass is 9.95. The molecule has 2 amide bonds. The molecule has 1 aliphatic rings. The molecule has 0 aromatic heterocycles. The van der Waals surface area contributed by atoms with E-state index in [0.717, 1.165) is 40.2 Å². The zero-order chi connectivity index (χ0) is 23.1. The molecule has 1 atom stereocenters. The summed E-state index contributed by atoms with van der Waals surface area (Å²) < 4.78 is 7.47. The zero-order valence-corrected chi connectivity index (χ0v) is 21.9. The maximum Gasteiger partial charge on any atom is 0.261 e. The fraction of sp³-hybridized carbons (Fsp3) is 0.417. The molecule has 2 aromatic carbocycles. The topological polar surface area (TPSA) is 58.6 Å². The van der Waals surface area contributed by atoms with E-state index in [1.165, 1.54) is 6.42 Å². The Labute approximate surface area is 211 Å². The highest BCUT2D eigenvalue weighted by Gasteiger charge is 2.28. The standard InChI is InChI=1S/C24H27Br2ClN2O3/c1-16(24(31)28-20-5-3-2-4-6-20)29(14-17-7-9-18(25)10-8-17)23(30)15-32-22-12-11-19(26)13-21(22)27/h7-13,16,20H,2-6,14-15H2,1H3,(H,28,31). The number of hydrogen-bond donors (Lipinski definition) is 1. The number of halogens is 3. The Balaban J connectivity index is 1.71. The van der Waals surface area contributed by atoms with Gasteiger partial charge in [0.25, 0.3) is 5.91 Å². The van der Waals surface area contributed by atoms with Crippen LogP contribution >= 0.6 is 43.5 Å². The van der Waals surface area contributed by atoms with Crippen LogP contribution in [0.1, 0.15) is 44.6 Å². The summed E-state index contributed by atoms with van der Waals surface area (Å²) in [6.07, 6.45) is 5.45. The third-order valence-electron chi connectivity index (χ3n) is 5.63. The van der Waals surface area contributed by atoms with E-state index in [-0.39, 0.29) is 24.5 Å². The number of rotatable bonds is 8. The Morgan fingerprint density at radius 2 is 1.75 bits per heavy atom. The van der Waals surface area contributed by atoms with Crippen LogP contribution < -0.4 is 10.1 Å². The third-order valence-corrected chi connectivity index (χ3v) is 6.95. The van der Waals surface area contributed by atoms with Crippen molar-refractivity contribution in [2.24, 2.45) is 0 Å². The number of benzene rings is 2. The first-order valence-corrected chi connectivity index (χ1v) is 12.7. The molecule has 0 spiro atoms. The Kier molecular flexibility index (Phi) is 9.44. The number of nitrogens with zero attached hydrogens (tertiary/aromatic N) is 1. The molecular weight excluding hydrogens is 560 g/mol. The minimum atomic E-state index is -0.628. The average Bonchev–Trinajstić information content (AvgIpc) is 2.78. The van der Waals surface area contributed by atoms with E-state index in [1.54, 1.807) is 30.0 Å². The zero-order valence-electron chi connectivity index (χ0n) is 18.0. The highest BCUT2D eigenvalue weighted by molar-refractivity contribution is 9.10. The summed E-state index contributed by atoms with van der Waals surface area (Å²) in [5, 5.41) is 3.54. The maximum atomic E-state index is 13.2. The van der Waals surface area contributed by atoms with Gasteiger partial charge in [-0.15, -0.1) is 0 Å². The van der Waals surface area contributed by atoms with Gasteiger partial charge in [-0.3, -0.25) is 9.59 Å². The van der Waals surface area contributed by atoms with Crippen LogP contribution in [0.2, 0.25) is 5.02 Å². The first kappa shape index (κ1) is 25.1. The number of hydrogen-bond acceptors (Lipinski definition) is 3. The molecule has 0 radical (unpaired) electrons. The van der Waals surface area contributed by atoms with Crippen molar-refractivity contribution in [3.8, 4) is 5.75 Å². The monoisotopic (exact) mass is 584 g/mol. The van der Waals surface area contributed by atoms with Crippen LogP contribution in [0, 0.1) is 0 Å². The van der Waals surface area contributed by atoms with Crippen LogP contribution in [-0.2, 0) is 16.1 Å². The van der Waals surface area contributed by atoms with Crippen LogP contribution in [0.15, 0.2) is 51.4 Å². The van der Waals surface area contributed by atoms with Crippen molar-refractivity contribution in [2.75, 3.05) is 6.61 Å². The highest BCUT2D eigenvalue weighted by atomic mass is 79.9. The van der Waals surface area contributed by atoms with E-state index in [1.807, 2.05) is 24.3 Å². The summed E-state index contributed by atoms with van der Waals surface area (Å²) in [6, 6.07) is 12.5. The molecular formula is C24H27Br2ClN2O3. The summed E-state index contributed by atoms with van der Waals surface area (Å²) in [5.74, 6) is 0.00773. The Morgan fingerprint density at radius 1 is 1.09 bits per heavy atom.